The predicted molar refractivity (Wildman–Crippen MR) is 85.5 cm³/mol. The highest BCUT2D eigenvalue weighted by atomic mass is 16.1. The number of aromatic nitrogens is 5. The van der Waals surface area contributed by atoms with E-state index in [4.69, 9.17) is 0 Å². The van der Waals surface area contributed by atoms with Crippen LogP contribution in [0.4, 0.5) is 0 Å². The topological polar surface area (TPSA) is 77.6 Å². The molecule has 23 heavy (non-hydrogen) atoms. The van der Waals surface area contributed by atoms with Crippen molar-refractivity contribution < 1.29 is 4.79 Å². The van der Waals surface area contributed by atoms with Gasteiger partial charge in [-0.1, -0.05) is 12.1 Å². The number of carbonyl (C=O) groups excluding carboxylic acids is 1. The summed E-state index contributed by atoms with van der Waals surface area (Å²) in [6, 6.07) is 7.18. The Labute approximate surface area is 134 Å². The number of aryl methyl sites for hydroxylation is 2. The van der Waals surface area contributed by atoms with Gasteiger partial charge in [0.1, 0.15) is 12.2 Å². The second kappa shape index (κ2) is 6.04. The Bertz CT molecular complexity index is 834. The van der Waals surface area contributed by atoms with E-state index in [-0.39, 0.29) is 11.9 Å². The van der Waals surface area contributed by atoms with E-state index in [0.29, 0.717) is 11.4 Å². The third-order valence-corrected chi connectivity index (χ3v) is 3.69. The van der Waals surface area contributed by atoms with E-state index in [0.717, 1.165) is 11.4 Å². The van der Waals surface area contributed by atoms with Crippen LogP contribution >= 0.6 is 0 Å². The molecular weight excluding hydrogens is 292 g/mol. The van der Waals surface area contributed by atoms with E-state index < -0.39 is 0 Å². The monoisotopic (exact) mass is 310 g/mol. The lowest BCUT2D eigenvalue weighted by Crippen LogP contribution is -2.28. The molecule has 2 aromatic heterocycles. The van der Waals surface area contributed by atoms with Crippen molar-refractivity contribution in [3.05, 3.63) is 54.4 Å². The second-order valence-electron chi connectivity index (χ2n) is 5.44. The Morgan fingerprint density at radius 1 is 1.26 bits per heavy atom. The van der Waals surface area contributed by atoms with Crippen molar-refractivity contribution in [2.75, 3.05) is 0 Å². The number of nitrogens with zero attached hydrogens (tertiary/aromatic N) is 5. The Morgan fingerprint density at radius 2 is 2.09 bits per heavy atom. The van der Waals surface area contributed by atoms with E-state index in [9.17, 15) is 4.79 Å². The smallest absolute Gasteiger partial charge is 0.251 e. The molecule has 1 amide bonds. The number of benzene rings is 1. The zero-order chi connectivity index (χ0) is 16.4. The van der Waals surface area contributed by atoms with Crippen molar-refractivity contribution in [1.29, 1.82) is 0 Å². The summed E-state index contributed by atoms with van der Waals surface area (Å²) in [6.07, 6.45) is 5.22. The molecule has 7 nitrogen and oxygen atoms in total. The first-order valence-electron chi connectivity index (χ1n) is 7.29. The molecule has 0 fully saturated rings. The summed E-state index contributed by atoms with van der Waals surface area (Å²) in [5.41, 5.74) is 1.48. The fourth-order valence-electron chi connectivity index (χ4n) is 2.47. The highest BCUT2D eigenvalue weighted by molar-refractivity contribution is 5.95. The molecule has 0 saturated carbocycles. The Morgan fingerprint density at radius 3 is 2.74 bits per heavy atom. The number of imidazole rings is 1. The SMILES string of the molecule is C[C@@H](NC(=O)c1cccc(-c2nccn2C)c1)c1nncn1C. The van der Waals surface area contributed by atoms with Crippen molar-refractivity contribution in [1.82, 2.24) is 29.6 Å². The molecule has 3 aromatic rings. The minimum Gasteiger partial charge on any atom is -0.342 e. The summed E-state index contributed by atoms with van der Waals surface area (Å²) in [4.78, 5) is 16.8. The first-order chi connectivity index (χ1) is 11.1. The van der Waals surface area contributed by atoms with E-state index >= 15 is 0 Å². The summed E-state index contributed by atoms with van der Waals surface area (Å²) < 4.78 is 3.70. The molecule has 7 heteroatoms. The van der Waals surface area contributed by atoms with Crippen LogP contribution in [0.25, 0.3) is 11.4 Å². The number of carbonyl (C=O) groups is 1. The Balaban J connectivity index is 1.81. The highest BCUT2D eigenvalue weighted by Crippen LogP contribution is 2.18. The summed E-state index contributed by atoms with van der Waals surface area (Å²) in [5.74, 6) is 1.37. The maximum absolute atomic E-state index is 12.5. The van der Waals surface area contributed by atoms with Gasteiger partial charge in [0.05, 0.1) is 6.04 Å². The second-order valence-corrected chi connectivity index (χ2v) is 5.44. The molecule has 0 aliphatic heterocycles. The van der Waals surface area contributed by atoms with Crippen LogP contribution in [0.2, 0.25) is 0 Å². The average molecular weight is 310 g/mol. The number of rotatable bonds is 4. The van der Waals surface area contributed by atoms with Gasteiger partial charge in [0.25, 0.3) is 5.91 Å². The van der Waals surface area contributed by atoms with Crippen LogP contribution in [0.1, 0.15) is 29.1 Å². The standard InChI is InChI=1S/C16H18N6O/c1-11(14-20-18-10-22(14)3)19-16(23)13-6-4-5-12(9-13)15-17-7-8-21(15)2/h4-11H,1-3H3,(H,19,23)/t11-/m1/s1. The largest absolute Gasteiger partial charge is 0.342 e. The number of amides is 1. The van der Waals surface area contributed by atoms with Crippen LogP contribution in [0, 0.1) is 0 Å². The fourth-order valence-corrected chi connectivity index (χ4v) is 2.47. The molecule has 0 aliphatic carbocycles. The summed E-state index contributed by atoms with van der Waals surface area (Å²) in [6.45, 7) is 1.88. The van der Waals surface area contributed by atoms with Gasteiger partial charge >= 0.3 is 0 Å². The van der Waals surface area contributed by atoms with Crippen LogP contribution in [0.15, 0.2) is 43.0 Å². The predicted octanol–water partition coefficient (Wildman–Crippen LogP) is 1.71. The Hall–Kier alpha value is -2.96. The Kier molecular flexibility index (Phi) is 3.92. The highest BCUT2D eigenvalue weighted by Gasteiger charge is 2.16. The zero-order valence-corrected chi connectivity index (χ0v) is 13.3. The van der Waals surface area contributed by atoms with Crippen molar-refractivity contribution >= 4 is 5.91 Å². The van der Waals surface area contributed by atoms with Crippen LogP contribution in [0.3, 0.4) is 0 Å². The number of hydrogen-bond acceptors (Lipinski definition) is 4. The molecule has 0 spiro atoms. The molecule has 1 N–H and O–H groups in total. The molecule has 2 heterocycles. The van der Waals surface area contributed by atoms with Crippen LogP contribution in [-0.4, -0.2) is 30.2 Å². The van der Waals surface area contributed by atoms with E-state index in [1.165, 1.54) is 0 Å². The van der Waals surface area contributed by atoms with Gasteiger partial charge in [0.15, 0.2) is 5.82 Å². The summed E-state index contributed by atoms with van der Waals surface area (Å²) in [5, 5.41) is 10.8. The van der Waals surface area contributed by atoms with Crippen LogP contribution < -0.4 is 5.32 Å². The summed E-state index contributed by atoms with van der Waals surface area (Å²) >= 11 is 0. The van der Waals surface area contributed by atoms with Gasteiger partial charge in [-0.2, -0.15) is 0 Å². The maximum Gasteiger partial charge on any atom is 0.251 e. The molecule has 1 aromatic carbocycles. The van der Waals surface area contributed by atoms with Gasteiger partial charge in [0, 0.05) is 37.6 Å². The first-order valence-corrected chi connectivity index (χ1v) is 7.29. The molecular formula is C16H18N6O. The normalized spacial score (nSPS) is 12.1. The quantitative estimate of drug-likeness (QED) is 0.796. The van der Waals surface area contributed by atoms with Crippen LogP contribution in [0.5, 0.6) is 0 Å². The van der Waals surface area contributed by atoms with Gasteiger partial charge in [-0.05, 0) is 19.1 Å². The molecule has 3 rings (SSSR count). The lowest BCUT2D eigenvalue weighted by molar-refractivity contribution is 0.0938. The molecule has 0 unspecified atom stereocenters. The van der Waals surface area contributed by atoms with Crippen molar-refractivity contribution in [3.8, 4) is 11.4 Å². The maximum atomic E-state index is 12.5. The van der Waals surface area contributed by atoms with Gasteiger partial charge < -0.3 is 14.5 Å². The molecule has 0 bridgehead atoms. The number of hydrogen-bond donors (Lipinski definition) is 1. The lowest BCUT2D eigenvalue weighted by Gasteiger charge is -2.13. The lowest BCUT2D eigenvalue weighted by atomic mass is 10.1. The van der Waals surface area contributed by atoms with E-state index in [1.807, 2.05) is 50.0 Å². The minimum atomic E-state index is -0.230. The van der Waals surface area contributed by atoms with Crippen molar-refractivity contribution in [2.24, 2.45) is 14.1 Å². The van der Waals surface area contributed by atoms with E-state index in [2.05, 4.69) is 20.5 Å². The van der Waals surface area contributed by atoms with Gasteiger partial charge in [-0.25, -0.2) is 4.98 Å². The molecule has 1 atom stereocenters. The molecule has 0 saturated heterocycles. The average Bonchev–Trinajstić information content (AvgIpc) is 3.15. The first kappa shape index (κ1) is 15.0. The third kappa shape index (κ3) is 2.98. The number of nitrogens with one attached hydrogen (secondary N) is 1. The zero-order valence-electron chi connectivity index (χ0n) is 13.3. The van der Waals surface area contributed by atoms with Crippen LogP contribution in [-0.2, 0) is 14.1 Å². The van der Waals surface area contributed by atoms with E-state index in [1.54, 1.807) is 23.2 Å². The molecule has 0 aliphatic rings. The fraction of sp³-hybridized carbons (Fsp3) is 0.250. The molecule has 118 valence electrons. The molecule has 0 radical (unpaired) electrons. The van der Waals surface area contributed by atoms with Gasteiger partial charge in [-0.15, -0.1) is 10.2 Å². The summed E-state index contributed by atoms with van der Waals surface area (Å²) in [7, 11) is 3.77. The van der Waals surface area contributed by atoms with Crippen molar-refractivity contribution in [3.63, 3.8) is 0 Å². The third-order valence-electron chi connectivity index (χ3n) is 3.69. The van der Waals surface area contributed by atoms with Gasteiger partial charge in [0.2, 0.25) is 0 Å². The van der Waals surface area contributed by atoms with Crippen molar-refractivity contribution in [2.45, 2.75) is 13.0 Å². The minimum absolute atomic E-state index is 0.156. The van der Waals surface area contributed by atoms with Gasteiger partial charge in [-0.3, -0.25) is 4.79 Å².